The van der Waals surface area contributed by atoms with Crippen molar-refractivity contribution in [3.63, 3.8) is 0 Å². The maximum atomic E-state index is 13.3. The Morgan fingerprint density at radius 3 is 2.76 bits per heavy atom. The predicted molar refractivity (Wildman–Crippen MR) is 82.1 cm³/mol. The fourth-order valence-electron chi connectivity index (χ4n) is 1.83. The Morgan fingerprint density at radius 2 is 2.10 bits per heavy atom. The van der Waals surface area contributed by atoms with Crippen molar-refractivity contribution >= 4 is 21.8 Å². The molecule has 2 aromatic rings. The van der Waals surface area contributed by atoms with Gasteiger partial charge in [-0.3, -0.25) is 0 Å². The molecule has 0 amide bonds. The first-order valence-corrected chi connectivity index (χ1v) is 6.95. The lowest BCUT2D eigenvalue weighted by Crippen LogP contribution is -2.13. The molecule has 21 heavy (non-hydrogen) atoms. The average Bonchev–Trinajstić information content (AvgIpc) is 2.44. The number of hydrogen-bond donors (Lipinski definition) is 2. The molecule has 0 unspecified atom stereocenters. The van der Waals surface area contributed by atoms with Gasteiger partial charge in [-0.1, -0.05) is 33.2 Å². The summed E-state index contributed by atoms with van der Waals surface area (Å²) in [6, 6.07) is 9.80. The van der Waals surface area contributed by atoms with Gasteiger partial charge >= 0.3 is 0 Å². The summed E-state index contributed by atoms with van der Waals surface area (Å²) in [5.74, 6) is 0.276. The monoisotopic (exact) mass is 352 g/mol. The van der Waals surface area contributed by atoms with E-state index in [1.807, 2.05) is 13.0 Å². The van der Waals surface area contributed by atoms with Crippen molar-refractivity contribution in [3.8, 4) is 5.75 Å². The number of nitrogens with zero attached hydrogens (tertiary/aromatic N) is 1. The maximum absolute atomic E-state index is 13.3. The Labute approximate surface area is 130 Å². The number of oxime groups is 1. The lowest BCUT2D eigenvalue weighted by atomic mass is 10.1. The van der Waals surface area contributed by atoms with Crippen molar-refractivity contribution in [2.75, 3.05) is 0 Å². The topological polar surface area (TPSA) is 67.8 Å². The summed E-state index contributed by atoms with van der Waals surface area (Å²) >= 11 is 3.24. The molecule has 0 radical (unpaired) electrons. The van der Waals surface area contributed by atoms with E-state index in [9.17, 15) is 4.39 Å². The van der Waals surface area contributed by atoms with Crippen LogP contribution in [0.15, 0.2) is 46.0 Å². The van der Waals surface area contributed by atoms with E-state index in [1.54, 1.807) is 18.2 Å². The molecule has 0 fully saturated rings. The van der Waals surface area contributed by atoms with E-state index in [4.69, 9.17) is 15.7 Å². The van der Waals surface area contributed by atoms with Gasteiger partial charge in [0.1, 0.15) is 18.2 Å². The third-order valence-corrected chi connectivity index (χ3v) is 3.37. The number of halogens is 2. The molecular formula is C15H14BrFN2O2. The van der Waals surface area contributed by atoms with Crippen LogP contribution in [-0.4, -0.2) is 11.0 Å². The predicted octanol–water partition coefficient (Wildman–Crippen LogP) is 3.57. The second-order valence-corrected chi connectivity index (χ2v) is 5.45. The number of rotatable bonds is 4. The van der Waals surface area contributed by atoms with Crippen LogP contribution < -0.4 is 10.5 Å². The van der Waals surface area contributed by atoms with E-state index in [0.717, 1.165) is 5.56 Å². The molecule has 6 heteroatoms. The number of ether oxygens (including phenoxy) is 1. The molecular weight excluding hydrogens is 339 g/mol. The van der Waals surface area contributed by atoms with Crippen LogP contribution in [0.1, 0.15) is 16.7 Å². The Morgan fingerprint density at radius 1 is 1.33 bits per heavy atom. The first-order chi connectivity index (χ1) is 9.99. The number of aryl methyl sites for hydroxylation is 1. The van der Waals surface area contributed by atoms with E-state index in [1.165, 1.54) is 12.1 Å². The standard InChI is InChI=1S/C15H14BrFN2O2/c1-9-2-3-11(15(18)19-20)6-14(9)21-8-10-4-12(16)7-13(17)5-10/h2-7,20H,8H2,1H3,(H2,18,19). The highest BCUT2D eigenvalue weighted by Gasteiger charge is 2.06. The molecule has 0 bridgehead atoms. The molecule has 110 valence electrons. The molecule has 0 saturated heterocycles. The maximum Gasteiger partial charge on any atom is 0.170 e. The van der Waals surface area contributed by atoms with Gasteiger partial charge in [0, 0.05) is 10.0 Å². The van der Waals surface area contributed by atoms with Gasteiger partial charge in [-0.15, -0.1) is 0 Å². The molecule has 0 aliphatic rings. The van der Waals surface area contributed by atoms with E-state index in [0.29, 0.717) is 21.3 Å². The molecule has 0 heterocycles. The minimum atomic E-state index is -0.329. The highest BCUT2D eigenvalue weighted by Crippen LogP contribution is 2.22. The van der Waals surface area contributed by atoms with Crippen molar-refractivity contribution in [2.24, 2.45) is 10.9 Å². The largest absolute Gasteiger partial charge is 0.489 e. The zero-order valence-electron chi connectivity index (χ0n) is 11.3. The van der Waals surface area contributed by atoms with Crippen molar-refractivity contribution in [1.29, 1.82) is 0 Å². The van der Waals surface area contributed by atoms with Crippen LogP contribution in [-0.2, 0) is 6.61 Å². The SMILES string of the molecule is Cc1ccc(/C(N)=N/O)cc1OCc1cc(F)cc(Br)c1. The van der Waals surface area contributed by atoms with Gasteiger partial charge in [0.05, 0.1) is 0 Å². The normalized spacial score (nSPS) is 11.5. The van der Waals surface area contributed by atoms with Gasteiger partial charge in [0.25, 0.3) is 0 Å². The number of nitrogens with two attached hydrogens (primary N) is 1. The second kappa shape index (κ2) is 6.58. The quantitative estimate of drug-likeness (QED) is 0.382. The molecule has 0 atom stereocenters. The molecule has 3 N–H and O–H groups in total. The molecule has 0 aliphatic carbocycles. The molecule has 0 aromatic heterocycles. The summed E-state index contributed by atoms with van der Waals surface area (Å²) in [4.78, 5) is 0. The van der Waals surface area contributed by atoms with Crippen LogP contribution >= 0.6 is 15.9 Å². The van der Waals surface area contributed by atoms with Gasteiger partial charge in [-0.25, -0.2) is 4.39 Å². The van der Waals surface area contributed by atoms with Crippen molar-refractivity contribution in [3.05, 3.63) is 63.4 Å². The first kappa shape index (κ1) is 15.3. The molecule has 0 spiro atoms. The van der Waals surface area contributed by atoms with Crippen LogP contribution in [0, 0.1) is 12.7 Å². The van der Waals surface area contributed by atoms with E-state index >= 15 is 0 Å². The van der Waals surface area contributed by atoms with Gasteiger partial charge < -0.3 is 15.7 Å². The Kier molecular flexibility index (Phi) is 4.80. The Hall–Kier alpha value is -2.08. The minimum Gasteiger partial charge on any atom is -0.489 e. The summed E-state index contributed by atoms with van der Waals surface area (Å²) in [5.41, 5.74) is 7.71. The van der Waals surface area contributed by atoms with E-state index in [-0.39, 0.29) is 18.3 Å². The lowest BCUT2D eigenvalue weighted by molar-refractivity contribution is 0.303. The Bertz CT molecular complexity index is 669. The van der Waals surface area contributed by atoms with Gasteiger partial charge in [0.2, 0.25) is 0 Å². The Balaban J connectivity index is 2.19. The number of amidine groups is 1. The number of hydrogen-bond acceptors (Lipinski definition) is 3. The summed E-state index contributed by atoms with van der Waals surface area (Å²) < 4.78 is 19.6. The summed E-state index contributed by atoms with van der Waals surface area (Å²) in [5, 5.41) is 11.6. The number of benzene rings is 2. The van der Waals surface area contributed by atoms with Crippen molar-refractivity contribution in [2.45, 2.75) is 13.5 Å². The van der Waals surface area contributed by atoms with Crippen molar-refractivity contribution < 1.29 is 14.3 Å². The van der Waals surface area contributed by atoms with E-state index in [2.05, 4.69) is 21.1 Å². The second-order valence-electron chi connectivity index (χ2n) is 4.53. The molecule has 2 aromatic carbocycles. The van der Waals surface area contributed by atoms with Crippen LogP contribution in [0.3, 0.4) is 0 Å². The minimum absolute atomic E-state index is 0.00773. The van der Waals surface area contributed by atoms with Crippen molar-refractivity contribution in [1.82, 2.24) is 0 Å². The fourth-order valence-corrected chi connectivity index (χ4v) is 2.34. The van der Waals surface area contributed by atoms with Gasteiger partial charge in [0.15, 0.2) is 5.84 Å². The first-order valence-electron chi connectivity index (χ1n) is 6.16. The van der Waals surface area contributed by atoms with Gasteiger partial charge in [-0.2, -0.15) is 0 Å². The molecule has 4 nitrogen and oxygen atoms in total. The molecule has 2 rings (SSSR count). The van der Waals surface area contributed by atoms with Crippen LogP contribution in [0.2, 0.25) is 0 Å². The summed E-state index contributed by atoms with van der Waals surface area (Å²) in [6.07, 6.45) is 0. The fraction of sp³-hybridized carbons (Fsp3) is 0.133. The third-order valence-electron chi connectivity index (χ3n) is 2.91. The smallest absolute Gasteiger partial charge is 0.170 e. The zero-order valence-corrected chi connectivity index (χ0v) is 12.9. The average molecular weight is 353 g/mol. The zero-order chi connectivity index (χ0) is 15.4. The van der Waals surface area contributed by atoms with Gasteiger partial charge in [-0.05, 0) is 42.3 Å². The van der Waals surface area contributed by atoms with Crippen LogP contribution in [0.4, 0.5) is 4.39 Å². The molecule has 0 aliphatic heterocycles. The van der Waals surface area contributed by atoms with Crippen LogP contribution in [0.25, 0.3) is 0 Å². The third kappa shape index (κ3) is 3.95. The lowest BCUT2D eigenvalue weighted by Gasteiger charge is -2.11. The summed E-state index contributed by atoms with van der Waals surface area (Å²) in [6.45, 7) is 2.10. The highest BCUT2D eigenvalue weighted by molar-refractivity contribution is 9.10. The molecule has 0 saturated carbocycles. The van der Waals surface area contributed by atoms with Crippen LogP contribution in [0.5, 0.6) is 5.75 Å². The summed E-state index contributed by atoms with van der Waals surface area (Å²) in [7, 11) is 0. The highest BCUT2D eigenvalue weighted by atomic mass is 79.9. The van der Waals surface area contributed by atoms with E-state index < -0.39 is 0 Å².